The number of allylic oxidation sites excluding steroid dienone is 3. The van der Waals surface area contributed by atoms with Crippen molar-refractivity contribution in [3.05, 3.63) is 92.6 Å². The Labute approximate surface area is 237 Å². The highest BCUT2D eigenvalue weighted by Gasteiger charge is 2.43. The fraction of sp³-hybridized carbons (Fsp3) is 0.344. The molecule has 2 aromatic carbocycles. The van der Waals surface area contributed by atoms with Crippen LogP contribution in [0.4, 0.5) is 0 Å². The molecule has 41 heavy (non-hydrogen) atoms. The number of hydrogen-bond acceptors (Lipinski definition) is 9. The zero-order valence-electron chi connectivity index (χ0n) is 23.6. The van der Waals surface area contributed by atoms with Crippen molar-refractivity contribution in [2.75, 3.05) is 34.0 Å². The average molecular weight is 560 g/mol. The molecule has 5 rings (SSSR count). The van der Waals surface area contributed by atoms with E-state index in [9.17, 15) is 14.4 Å². The van der Waals surface area contributed by atoms with Crippen LogP contribution >= 0.6 is 0 Å². The predicted molar refractivity (Wildman–Crippen MR) is 152 cm³/mol. The first-order valence-corrected chi connectivity index (χ1v) is 13.6. The normalized spacial score (nSPS) is 18.7. The van der Waals surface area contributed by atoms with Gasteiger partial charge in [0.25, 0.3) is 0 Å². The van der Waals surface area contributed by atoms with Crippen LogP contribution in [0.5, 0.6) is 11.5 Å². The maximum atomic E-state index is 13.9. The van der Waals surface area contributed by atoms with Crippen LogP contribution in [0.25, 0.3) is 11.0 Å². The molecule has 1 aromatic heterocycles. The van der Waals surface area contributed by atoms with Crippen LogP contribution in [0.2, 0.25) is 0 Å². The molecule has 9 nitrogen and oxygen atoms in total. The van der Waals surface area contributed by atoms with Gasteiger partial charge in [0.15, 0.2) is 22.7 Å². The quantitative estimate of drug-likeness (QED) is 0.293. The Morgan fingerprint density at radius 1 is 1.05 bits per heavy atom. The van der Waals surface area contributed by atoms with Crippen LogP contribution in [0.1, 0.15) is 49.7 Å². The third-order valence-electron chi connectivity index (χ3n) is 7.54. The molecule has 0 unspecified atom stereocenters. The zero-order chi connectivity index (χ0) is 29.1. The number of hydrogen-bond donors (Lipinski definition) is 1. The Morgan fingerprint density at radius 3 is 2.61 bits per heavy atom. The van der Waals surface area contributed by atoms with Crippen molar-refractivity contribution in [1.29, 1.82) is 0 Å². The van der Waals surface area contributed by atoms with Gasteiger partial charge in [-0.15, -0.1) is 0 Å². The van der Waals surface area contributed by atoms with Crippen LogP contribution in [-0.4, -0.2) is 45.8 Å². The number of Topliss-reactive ketones (excluding diaryl/α,β-unsaturated/α-hetero) is 1. The molecule has 0 fully saturated rings. The van der Waals surface area contributed by atoms with E-state index in [0.717, 1.165) is 5.56 Å². The van der Waals surface area contributed by atoms with Gasteiger partial charge in [-0.25, -0.2) is 4.79 Å². The molecule has 0 amide bonds. The fourth-order valence-corrected chi connectivity index (χ4v) is 5.66. The molecule has 0 spiro atoms. The molecule has 2 atom stereocenters. The molecule has 3 aromatic rings. The number of dihydropyridines is 1. The van der Waals surface area contributed by atoms with Crippen LogP contribution < -0.4 is 20.2 Å². The Kier molecular flexibility index (Phi) is 8.26. The topological polar surface area (TPSA) is 113 Å². The van der Waals surface area contributed by atoms with E-state index in [1.165, 1.54) is 13.4 Å². The highest BCUT2D eigenvalue weighted by molar-refractivity contribution is 6.04. The van der Waals surface area contributed by atoms with Crippen molar-refractivity contribution in [3.8, 4) is 11.5 Å². The number of ketones is 1. The summed E-state index contributed by atoms with van der Waals surface area (Å²) in [6.45, 7) is 4.41. The standard InChI is InChI=1S/C32H33NO8/c1-5-39-26-11-10-19(16-27(26)38-4)20-14-23-30(24(34)15-20)29(28(18(2)33-23)32(36)40-13-12-37-3)22-17-41-25-9-7-6-8-21(25)31(22)35/h6-11,16-17,20,29,33H,5,12-15H2,1-4H3/t20-,29+/m0/s1. The number of fused-ring (bicyclic) bond motifs is 1. The second-order valence-electron chi connectivity index (χ2n) is 10.0. The number of esters is 1. The summed E-state index contributed by atoms with van der Waals surface area (Å²) in [6.07, 6.45) is 2.05. The number of carbonyl (C=O) groups excluding carboxylic acids is 2. The highest BCUT2D eigenvalue weighted by atomic mass is 16.6. The number of carbonyl (C=O) groups is 2. The van der Waals surface area contributed by atoms with Gasteiger partial charge in [-0.1, -0.05) is 18.2 Å². The second kappa shape index (κ2) is 12.0. The van der Waals surface area contributed by atoms with Gasteiger partial charge in [-0.05, 0) is 56.0 Å². The molecular formula is C32H33NO8. The van der Waals surface area contributed by atoms with Crippen LogP contribution in [0, 0.1) is 0 Å². The molecular weight excluding hydrogens is 526 g/mol. The van der Waals surface area contributed by atoms with E-state index in [1.807, 2.05) is 25.1 Å². The molecule has 1 aliphatic heterocycles. The lowest BCUT2D eigenvalue weighted by Crippen LogP contribution is -2.37. The van der Waals surface area contributed by atoms with Crippen molar-refractivity contribution >= 4 is 22.7 Å². The molecule has 1 aliphatic carbocycles. The Morgan fingerprint density at radius 2 is 1.85 bits per heavy atom. The van der Waals surface area contributed by atoms with Crippen LogP contribution in [-0.2, 0) is 19.1 Å². The summed E-state index contributed by atoms with van der Waals surface area (Å²) < 4.78 is 27.5. The van der Waals surface area contributed by atoms with Crippen molar-refractivity contribution in [2.24, 2.45) is 0 Å². The van der Waals surface area contributed by atoms with Gasteiger partial charge >= 0.3 is 5.97 Å². The lowest BCUT2D eigenvalue weighted by Gasteiger charge is -2.36. The number of ether oxygens (including phenoxy) is 4. The van der Waals surface area contributed by atoms with E-state index < -0.39 is 11.9 Å². The zero-order valence-corrected chi connectivity index (χ0v) is 23.6. The van der Waals surface area contributed by atoms with Gasteiger partial charge in [-0.2, -0.15) is 0 Å². The van der Waals surface area contributed by atoms with Crippen molar-refractivity contribution in [1.82, 2.24) is 5.32 Å². The summed E-state index contributed by atoms with van der Waals surface area (Å²) in [5.74, 6) is -0.640. The molecule has 2 aliphatic rings. The summed E-state index contributed by atoms with van der Waals surface area (Å²) in [5.41, 5.74) is 3.04. The van der Waals surface area contributed by atoms with Crippen molar-refractivity contribution in [3.63, 3.8) is 0 Å². The van der Waals surface area contributed by atoms with Gasteiger partial charge < -0.3 is 28.7 Å². The third kappa shape index (κ3) is 5.37. The molecule has 0 radical (unpaired) electrons. The third-order valence-corrected chi connectivity index (χ3v) is 7.54. The molecule has 2 heterocycles. The maximum Gasteiger partial charge on any atom is 0.336 e. The minimum Gasteiger partial charge on any atom is -0.493 e. The van der Waals surface area contributed by atoms with Gasteiger partial charge in [0.2, 0.25) is 0 Å². The molecule has 9 heteroatoms. The summed E-state index contributed by atoms with van der Waals surface area (Å²) in [7, 11) is 3.09. The van der Waals surface area contributed by atoms with Crippen LogP contribution in [0.15, 0.2) is 80.5 Å². The smallest absolute Gasteiger partial charge is 0.336 e. The van der Waals surface area contributed by atoms with E-state index in [2.05, 4.69) is 5.32 Å². The first-order valence-electron chi connectivity index (χ1n) is 13.6. The van der Waals surface area contributed by atoms with Gasteiger partial charge in [0.05, 0.1) is 43.5 Å². The molecule has 214 valence electrons. The Bertz CT molecular complexity index is 1620. The van der Waals surface area contributed by atoms with Crippen molar-refractivity contribution in [2.45, 2.75) is 38.5 Å². The molecule has 0 bridgehead atoms. The first kappa shape index (κ1) is 28.2. The van der Waals surface area contributed by atoms with Crippen molar-refractivity contribution < 1.29 is 33.0 Å². The Balaban J connectivity index is 1.59. The Hall–Kier alpha value is -4.37. The van der Waals surface area contributed by atoms with E-state index >= 15 is 0 Å². The second-order valence-corrected chi connectivity index (χ2v) is 10.0. The lowest BCUT2D eigenvalue weighted by molar-refractivity contribution is -0.140. The summed E-state index contributed by atoms with van der Waals surface area (Å²) in [5, 5.41) is 3.68. The first-order chi connectivity index (χ1) is 19.9. The number of rotatable bonds is 9. The lowest BCUT2D eigenvalue weighted by atomic mass is 9.72. The predicted octanol–water partition coefficient (Wildman–Crippen LogP) is 4.75. The molecule has 1 N–H and O–H groups in total. The number of nitrogens with one attached hydrogen (secondary N) is 1. The average Bonchev–Trinajstić information content (AvgIpc) is 2.97. The molecule has 0 saturated heterocycles. The largest absolute Gasteiger partial charge is 0.493 e. The van der Waals surface area contributed by atoms with Gasteiger partial charge in [0, 0.05) is 36.1 Å². The van der Waals surface area contributed by atoms with Crippen LogP contribution in [0.3, 0.4) is 0 Å². The summed E-state index contributed by atoms with van der Waals surface area (Å²) in [6, 6.07) is 12.6. The highest BCUT2D eigenvalue weighted by Crippen LogP contribution is 2.46. The minimum absolute atomic E-state index is 0.0344. The number of para-hydroxylation sites is 1. The SMILES string of the molecule is CCOc1ccc([C@@H]2CC(=O)C3=C(C2)NC(C)=C(C(=O)OCCOC)[C@H]3c2coc3ccccc3c2=O)cc1OC. The monoisotopic (exact) mass is 559 g/mol. The van der Waals surface area contributed by atoms with E-state index in [1.54, 1.807) is 38.3 Å². The van der Waals surface area contributed by atoms with E-state index in [4.69, 9.17) is 23.4 Å². The van der Waals surface area contributed by atoms with Gasteiger partial charge in [-0.3, -0.25) is 9.59 Å². The maximum absolute atomic E-state index is 13.9. The van der Waals surface area contributed by atoms with E-state index in [-0.39, 0.29) is 47.9 Å². The minimum atomic E-state index is -0.939. The van der Waals surface area contributed by atoms with Gasteiger partial charge in [0.1, 0.15) is 12.2 Å². The molecule has 0 saturated carbocycles. The summed E-state index contributed by atoms with van der Waals surface area (Å²) >= 11 is 0. The van der Waals surface area contributed by atoms with E-state index in [0.29, 0.717) is 52.5 Å². The number of methoxy groups -OCH3 is 2. The fourth-order valence-electron chi connectivity index (χ4n) is 5.66. The summed E-state index contributed by atoms with van der Waals surface area (Å²) in [4.78, 5) is 41.1. The number of benzene rings is 2.